The molecule has 0 saturated carbocycles. The van der Waals surface area contributed by atoms with Gasteiger partial charge in [0.25, 0.3) is 0 Å². The number of hydrogen-bond acceptors (Lipinski definition) is 4. The highest BCUT2D eigenvalue weighted by Gasteiger charge is 2.30. The maximum atomic E-state index is 12.6. The van der Waals surface area contributed by atoms with Gasteiger partial charge < -0.3 is 20.5 Å². The summed E-state index contributed by atoms with van der Waals surface area (Å²) in [6.45, 7) is 5.92. The summed E-state index contributed by atoms with van der Waals surface area (Å²) in [6.07, 6.45) is 0.127. The molecule has 2 atom stereocenters. The highest BCUT2D eigenvalue weighted by molar-refractivity contribution is 5.85. The summed E-state index contributed by atoms with van der Waals surface area (Å²) < 4.78 is 5.57. The number of alkyl carbamates (subject to hydrolysis) is 1. The van der Waals surface area contributed by atoms with E-state index in [0.29, 0.717) is 12.8 Å². The summed E-state index contributed by atoms with van der Waals surface area (Å²) in [5.74, 6) is -1.68. The molecule has 176 valence electrons. The van der Waals surface area contributed by atoms with Crippen LogP contribution in [0.4, 0.5) is 4.79 Å². The van der Waals surface area contributed by atoms with Crippen LogP contribution in [0, 0.1) is 11.8 Å². The average Bonchev–Trinajstić information content (AvgIpc) is 3.10. The molecule has 2 unspecified atom stereocenters. The lowest BCUT2D eigenvalue weighted by Crippen LogP contribution is -2.48. The van der Waals surface area contributed by atoms with Crippen LogP contribution in [0.1, 0.15) is 50.7 Å². The molecule has 2 amide bonds. The van der Waals surface area contributed by atoms with E-state index in [4.69, 9.17) is 9.84 Å². The van der Waals surface area contributed by atoms with Crippen LogP contribution in [0.15, 0.2) is 48.5 Å². The molecule has 0 aromatic heterocycles. The Kier molecular flexibility index (Phi) is 8.09. The Bertz CT molecular complexity index is 958. The van der Waals surface area contributed by atoms with Crippen molar-refractivity contribution in [3.8, 4) is 11.1 Å². The molecule has 1 aliphatic rings. The Hall–Kier alpha value is -3.35. The van der Waals surface area contributed by atoms with Crippen molar-refractivity contribution in [3.63, 3.8) is 0 Å². The molecular weight excluding hydrogens is 420 g/mol. The second-order valence-electron chi connectivity index (χ2n) is 8.97. The summed E-state index contributed by atoms with van der Waals surface area (Å²) in [6, 6.07) is 15.4. The molecule has 0 bridgehead atoms. The zero-order chi connectivity index (χ0) is 24.0. The van der Waals surface area contributed by atoms with E-state index in [0.717, 1.165) is 22.3 Å². The Balaban J connectivity index is 1.59. The highest BCUT2D eigenvalue weighted by Crippen LogP contribution is 2.44. The first-order valence-electron chi connectivity index (χ1n) is 11.4. The van der Waals surface area contributed by atoms with Gasteiger partial charge in [0.1, 0.15) is 12.6 Å². The fourth-order valence-electron chi connectivity index (χ4n) is 4.14. The van der Waals surface area contributed by atoms with Crippen LogP contribution < -0.4 is 10.6 Å². The van der Waals surface area contributed by atoms with E-state index in [1.54, 1.807) is 6.92 Å². The van der Waals surface area contributed by atoms with Crippen LogP contribution in [-0.2, 0) is 14.3 Å². The summed E-state index contributed by atoms with van der Waals surface area (Å²) in [5.41, 5.74) is 4.54. The van der Waals surface area contributed by atoms with E-state index in [1.165, 1.54) is 0 Å². The summed E-state index contributed by atoms with van der Waals surface area (Å²) in [4.78, 5) is 36.2. The number of carbonyl (C=O) groups is 3. The number of ether oxygens (including phenoxy) is 1. The zero-order valence-corrected chi connectivity index (χ0v) is 19.3. The van der Waals surface area contributed by atoms with Gasteiger partial charge in [0.05, 0.1) is 5.92 Å². The van der Waals surface area contributed by atoms with E-state index >= 15 is 0 Å². The number of benzene rings is 2. The maximum Gasteiger partial charge on any atom is 0.407 e. The van der Waals surface area contributed by atoms with Crippen molar-refractivity contribution < 1.29 is 24.2 Å². The molecule has 0 aliphatic heterocycles. The highest BCUT2D eigenvalue weighted by atomic mass is 16.5. The van der Waals surface area contributed by atoms with Crippen molar-refractivity contribution in [2.75, 3.05) is 13.2 Å². The third kappa shape index (κ3) is 6.12. The smallest absolute Gasteiger partial charge is 0.407 e. The van der Waals surface area contributed by atoms with Crippen molar-refractivity contribution in [3.05, 3.63) is 59.7 Å². The SMILES string of the molecule is CC(C)CC(NC(=O)OCC1c2ccccc2-c2ccccc21)C(=O)NCCC(C)C(=O)O. The summed E-state index contributed by atoms with van der Waals surface area (Å²) in [5, 5.41) is 14.4. The number of hydrogen-bond donors (Lipinski definition) is 3. The molecule has 3 rings (SSSR count). The Labute approximate surface area is 194 Å². The van der Waals surface area contributed by atoms with Gasteiger partial charge in [-0.25, -0.2) is 4.79 Å². The van der Waals surface area contributed by atoms with Crippen molar-refractivity contribution in [1.82, 2.24) is 10.6 Å². The predicted octanol–water partition coefficient (Wildman–Crippen LogP) is 4.17. The summed E-state index contributed by atoms with van der Waals surface area (Å²) >= 11 is 0. The molecule has 0 spiro atoms. The maximum absolute atomic E-state index is 12.6. The van der Waals surface area contributed by atoms with Gasteiger partial charge >= 0.3 is 12.1 Å². The van der Waals surface area contributed by atoms with E-state index < -0.39 is 24.0 Å². The number of amides is 2. The number of carboxylic acids is 1. The van der Waals surface area contributed by atoms with E-state index in [9.17, 15) is 14.4 Å². The molecule has 0 fully saturated rings. The number of nitrogens with one attached hydrogen (secondary N) is 2. The van der Waals surface area contributed by atoms with Crippen LogP contribution in [0.2, 0.25) is 0 Å². The van der Waals surface area contributed by atoms with Crippen LogP contribution in [-0.4, -0.2) is 42.3 Å². The van der Waals surface area contributed by atoms with Crippen LogP contribution in [0.25, 0.3) is 11.1 Å². The lowest BCUT2D eigenvalue weighted by Gasteiger charge is -2.21. The molecule has 2 aromatic rings. The molecule has 0 radical (unpaired) electrons. The van der Waals surface area contributed by atoms with Crippen molar-refractivity contribution in [2.45, 2.75) is 45.6 Å². The lowest BCUT2D eigenvalue weighted by molar-refractivity contribution is -0.141. The van der Waals surface area contributed by atoms with Crippen LogP contribution in [0.3, 0.4) is 0 Å². The van der Waals surface area contributed by atoms with Crippen molar-refractivity contribution in [2.24, 2.45) is 11.8 Å². The fraction of sp³-hybridized carbons (Fsp3) is 0.423. The lowest BCUT2D eigenvalue weighted by atomic mass is 9.98. The molecule has 0 heterocycles. The van der Waals surface area contributed by atoms with E-state index in [-0.39, 0.29) is 30.9 Å². The van der Waals surface area contributed by atoms with Crippen molar-refractivity contribution >= 4 is 18.0 Å². The molecular formula is C26H32N2O5. The number of carbonyl (C=O) groups excluding carboxylic acids is 2. The topological polar surface area (TPSA) is 105 Å². The molecule has 7 nitrogen and oxygen atoms in total. The number of carboxylic acid groups (broad SMARTS) is 1. The van der Waals surface area contributed by atoms with Gasteiger partial charge in [0.15, 0.2) is 0 Å². The Morgan fingerprint density at radius 2 is 1.55 bits per heavy atom. The minimum absolute atomic E-state index is 0.0574. The third-order valence-corrected chi connectivity index (χ3v) is 5.96. The number of rotatable bonds is 10. The van der Waals surface area contributed by atoms with E-state index in [2.05, 4.69) is 22.8 Å². The first-order valence-corrected chi connectivity index (χ1v) is 11.4. The average molecular weight is 453 g/mol. The van der Waals surface area contributed by atoms with Gasteiger partial charge in [-0.15, -0.1) is 0 Å². The fourth-order valence-corrected chi connectivity index (χ4v) is 4.14. The van der Waals surface area contributed by atoms with Gasteiger partial charge in [0, 0.05) is 12.5 Å². The summed E-state index contributed by atoms with van der Waals surface area (Å²) in [7, 11) is 0. The minimum Gasteiger partial charge on any atom is -0.481 e. The monoisotopic (exact) mass is 452 g/mol. The van der Waals surface area contributed by atoms with Gasteiger partial charge in [-0.2, -0.15) is 0 Å². The first-order chi connectivity index (χ1) is 15.8. The molecule has 2 aromatic carbocycles. The van der Waals surface area contributed by atoms with Gasteiger partial charge in [-0.1, -0.05) is 69.3 Å². The van der Waals surface area contributed by atoms with Crippen LogP contribution in [0.5, 0.6) is 0 Å². The largest absolute Gasteiger partial charge is 0.481 e. The number of aliphatic carboxylic acids is 1. The van der Waals surface area contributed by atoms with Gasteiger partial charge in [-0.05, 0) is 41.0 Å². The molecule has 3 N–H and O–H groups in total. The second kappa shape index (κ2) is 11.0. The predicted molar refractivity (Wildman–Crippen MR) is 126 cm³/mol. The number of fused-ring (bicyclic) bond motifs is 3. The minimum atomic E-state index is -0.903. The molecule has 0 saturated heterocycles. The van der Waals surface area contributed by atoms with Gasteiger partial charge in [-0.3, -0.25) is 9.59 Å². The molecule has 33 heavy (non-hydrogen) atoms. The molecule has 7 heteroatoms. The Morgan fingerprint density at radius 3 is 2.09 bits per heavy atom. The first kappa shape index (κ1) is 24.3. The van der Waals surface area contributed by atoms with Gasteiger partial charge in [0.2, 0.25) is 5.91 Å². The van der Waals surface area contributed by atoms with E-state index in [1.807, 2.05) is 50.2 Å². The van der Waals surface area contributed by atoms with Crippen molar-refractivity contribution in [1.29, 1.82) is 0 Å². The standard InChI is InChI=1S/C26H32N2O5/c1-16(2)14-23(24(29)27-13-12-17(3)25(30)31)28-26(32)33-15-22-20-10-6-4-8-18(20)19-9-5-7-11-21(19)22/h4-11,16-17,22-23H,12-15H2,1-3H3,(H,27,29)(H,28,32)(H,30,31). The third-order valence-electron chi connectivity index (χ3n) is 5.96. The molecule has 1 aliphatic carbocycles. The zero-order valence-electron chi connectivity index (χ0n) is 19.3. The quantitative estimate of drug-likeness (QED) is 0.502. The van der Waals surface area contributed by atoms with Crippen LogP contribution >= 0.6 is 0 Å². The second-order valence-corrected chi connectivity index (χ2v) is 8.97. The Morgan fingerprint density at radius 1 is 0.970 bits per heavy atom. The normalized spacial score (nSPS) is 14.2.